The van der Waals surface area contributed by atoms with Crippen molar-refractivity contribution in [3.8, 4) is 11.4 Å². The molecule has 4 aromatic rings. The Hall–Kier alpha value is -5.13. The summed E-state index contributed by atoms with van der Waals surface area (Å²) in [5, 5.41) is 20.0. The molecule has 2 amide bonds. The van der Waals surface area contributed by atoms with E-state index in [4.69, 9.17) is 0 Å². The van der Waals surface area contributed by atoms with Crippen LogP contribution in [0.4, 0.5) is 8.78 Å². The number of aromatic nitrogens is 6. The zero-order chi connectivity index (χ0) is 29.2. The van der Waals surface area contributed by atoms with Crippen molar-refractivity contribution < 1.29 is 18.4 Å². The molecule has 3 unspecified atom stereocenters. The normalized spacial score (nSPS) is 19.2. The van der Waals surface area contributed by atoms with E-state index in [1.54, 1.807) is 25.1 Å². The van der Waals surface area contributed by atoms with Crippen LogP contribution in [0.3, 0.4) is 0 Å². The van der Waals surface area contributed by atoms with Gasteiger partial charge in [-0.2, -0.15) is 5.21 Å². The molecule has 2 aromatic heterocycles. The molecule has 0 radical (unpaired) electrons. The van der Waals surface area contributed by atoms with Crippen LogP contribution in [0.1, 0.15) is 55.7 Å². The summed E-state index contributed by atoms with van der Waals surface area (Å²) in [6, 6.07) is 11.0. The summed E-state index contributed by atoms with van der Waals surface area (Å²) < 4.78 is 28.0. The Morgan fingerprint density at radius 1 is 1.05 bits per heavy atom. The molecule has 3 N–H and O–H groups in total. The number of tetrazole rings is 1. The Labute approximate surface area is 239 Å². The van der Waals surface area contributed by atoms with Gasteiger partial charge >= 0.3 is 0 Å². The van der Waals surface area contributed by atoms with Crippen molar-refractivity contribution in [2.75, 3.05) is 0 Å². The third-order valence-electron chi connectivity index (χ3n) is 7.66. The molecule has 2 aromatic carbocycles. The zero-order valence-electron chi connectivity index (χ0n) is 22.5. The maximum Gasteiger partial charge on any atom is 0.270 e. The Bertz CT molecular complexity index is 1720. The molecule has 6 rings (SSSR count). The van der Waals surface area contributed by atoms with E-state index in [9.17, 15) is 18.4 Å². The van der Waals surface area contributed by atoms with Crippen molar-refractivity contribution in [3.63, 3.8) is 0 Å². The lowest BCUT2D eigenvalue weighted by Crippen LogP contribution is -2.36. The topological polar surface area (TPSA) is 138 Å². The quantitative estimate of drug-likeness (QED) is 0.318. The summed E-state index contributed by atoms with van der Waals surface area (Å²) in [5.74, 6) is -1.61. The smallest absolute Gasteiger partial charge is 0.270 e. The number of fused-ring (bicyclic) bond motifs is 2. The van der Waals surface area contributed by atoms with Crippen LogP contribution < -0.4 is 10.6 Å². The van der Waals surface area contributed by atoms with E-state index in [-0.39, 0.29) is 41.4 Å². The Morgan fingerprint density at radius 2 is 1.88 bits per heavy atom. The molecule has 0 saturated carbocycles. The Morgan fingerprint density at radius 3 is 2.67 bits per heavy atom. The molecule has 2 aliphatic rings. The second-order valence-electron chi connectivity index (χ2n) is 10.3. The number of carbonyl (C=O) groups excluding carboxylic acids is 2. The first-order chi connectivity index (χ1) is 20.4. The number of aromatic amines is 1. The van der Waals surface area contributed by atoms with Gasteiger partial charge in [0.2, 0.25) is 5.82 Å². The minimum Gasteiger partial charge on any atom is -0.347 e. The number of hydrogen-bond donors (Lipinski definition) is 3. The number of aryl methyl sites for hydroxylation is 2. The first kappa shape index (κ1) is 27.1. The lowest BCUT2D eigenvalue weighted by molar-refractivity contribution is 0.0916. The summed E-state index contributed by atoms with van der Waals surface area (Å²) in [7, 11) is 0. The number of rotatable bonds is 6. The summed E-state index contributed by atoms with van der Waals surface area (Å²) in [6.45, 7) is 1.80. The van der Waals surface area contributed by atoms with Gasteiger partial charge in [-0.15, -0.1) is 10.2 Å². The van der Waals surface area contributed by atoms with Gasteiger partial charge in [-0.1, -0.05) is 30.3 Å². The SMILES string of the molecule is Cc1cc(CNC(=O)c2cc(C(=O)NC3c4ccc(-c5nn[nH]n5)cc4CCC4C=CC(F)=CC43)ncn2)ccc1F. The van der Waals surface area contributed by atoms with Crippen LogP contribution in [0.2, 0.25) is 0 Å². The molecular weight excluding hydrogens is 542 g/mol. The molecule has 3 atom stereocenters. The number of nitrogens with zero attached hydrogens (tertiary/aromatic N) is 5. The molecule has 2 aliphatic carbocycles. The molecular formula is C30H26F2N8O2. The number of H-pyrrole nitrogens is 1. The van der Waals surface area contributed by atoms with Gasteiger partial charge in [-0.25, -0.2) is 18.7 Å². The standard InChI is InChI=1S/C30H26F2N8O2/c1-16-10-17(2-9-24(16)32)14-33-29(41)25-13-26(35-15-34-25)30(42)36-27-22-8-6-20(28-37-39-40-38-28)11-19(22)4-3-18-5-7-21(31)12-23(18)27/h2,5-13,15,18,23,27H,3-4,14H2,1H3,(H,33,41)(H,36,42)(H,37,38,39,40). The van der Waals surface area contributed by atoms with Gasteiger partial charge in [-0.05, 0) is 77.4 Å². The summed E-state index contributed by atoms with van der Waals surface area (Å²) in [5.41, 5.74) is 3.80. The highest BCUT2D eigenvalue weighted by Gasteiger charge is 2.35. The van der Waals surface area contributed by atoms with E-state index in [0.29, 0.717) is 17.8 Å². The van der Waals surface area contributed by atoms with Gasteiger partial charge in [0.05, 0.1) is 6.04 Å². The van der Waals surface area contributed by atoms with Gasteiger partial charge in [0.1, 0.15) is 29.4 Å². The van der Waals surface area contributed by atoms with Crippen molar-refractivity contribution in [1.82, 2.24) is 41.2 Å². The van der Waals surface area contributed by atoms with E-state index in [1.165, 1.54) is 18.2 Å². The molecule has 212 valence electrons. The number of allylic oxidation sites excluding steroid dienone is 3. The maximum absolute atomic E-state index is 14.5. The molecule has 12 heteroatoms. The summed E-state index contributed by atoms with van der Waals surface area (Å²) >= 11 is 0. The predicted octanol–water partition coefficient (Wildman–Crippen LogP) is 4.11. The van der Waals surface area contributed by atoms with Crippen molar-refractivity contribution in [1.29, 1.82) is 0 Å². The Kier molecular flexibility index (Phi) is 7.34. The van der Waals surface area contributed by atoms with Gasteiger partial charge in [0.15, 0.2) is 0 Å². The van der Waals surface area contributed by atoms with E-state index in [0.717, 1.165) is 35.0 Å². The number of benzene rings is 2. The zero-order valence-corrected chi connectivity index (χ0v) is 22.5. The van der Waals surface area contributed by atoms with E-state index < -0.39 is 17.9 Å². The van der Waals surface area contributed by atoms with Gasteiger partial charge < -0.3 is 10.6 Å². The molecule has 2 heterocycles. The lowest BCUT2D eigenvalue weighted by Gasteiger charge is -2.31. The number of amides is 2. The van der Waals surface area contributed by atoms with Crippen LogP contribution in [-0.4, -0.2) is 42.4 Å². The molecule has 0 saturated heterocycles. The fourth-order valence-electron chi connectivity index (χ4n) is 5.50. The lowest BCUT2D eigenvalue weighted by atomic mass is 9.80. The van der Waals surface area contributed by atoms with Gasteiger partial charge in [-0.3, -0.25) is 9.59 Å². The molecule has 0 spiro atoms. The van der Waals surface area contributed by atoms with Crippen molar-refractivity contribution in [2.24, 2.45) is 11.8 Å². The number of carbonyl (C=O) groups is 2. The average molecular weight is 569 g/mol. The maximum atomic E-state index is 14.5. The molecule has 0 bridgehead atoms. The van der Waals surface area contributed by atoms with E-state index in [2.05, 4.69) is 41.2 Å². The number of hydrogen-bond acceptors (Lipinski definition) is 7. The minimum absolute atomic E-state index is 0.00217. The monoisotopic (exact) mass is 568 g/mol. The van der Waals surface area contributed by atoms with Crippen LogP contribution in [0.15, 0.2) is 72.8 Å². The molecule has 42 heavy (non-hydrogen) atoms. The largest absolute Gasteiger partial charge is 0.347 e. The van der Waals surface area contributed by atoms with Crippen LogP contribution >= 0.6 is 0 Å². The van der Waals surface area contributed by atoms with Crippen LogP contribution in [0.5, 0.6) is 0 Å². The van der Waals surface area contributed by atoms with E-state index >= 15 is 0 Å². The number of nitrogens with one attached hydrogen (secondary N) is 3. The van der Waals surface area contributed by atoms with Crippen molar-refractivity contribution in [3.05, 3.63) is 112 Å². The molecule has 0 fully saturated rings. The van der Waals surface area contributed by atoms with Gasteiger partial charge in [0.25, 0.3) is 11.8 Å². The Balaban J connectivity index is 1.24. The second kappa shape index (κ2) is 11.4. The highest BCUT2D eigenvalue weighted by Crippen LogP contribution is 2.42. The predicted molar refractivity (Wildman–Crippen MR) is 148 cm³/mol. The average Bonchev–Trinajstić information content (AvgIpc) is 3.50. The minimum atomic E-state index is -0.566. The highest BCUT2D eigenvalue weighted by molar-refractivity contribution is 5.97. The first-order valence-electron chi connectivity index (χ1n) is 13.4. The second-order valence-corrected chi connectivity index (χ2v) is 10.3. The fraction of sp³-hybridized carbons (Fsp3) is 0.233. The van der Waals surface area contributed by atoms with Gasteiger partial charge in [0, 0.05) is 24.1 Å². The van der Waals surface area contributed by atoms with Crippen LogP contribution in [0.25, 0.3) is 11.4 Å². The summed E-state index contributed by atoms with van der Waals surface area (Å²) in [4.78, 5) is 34.5. The third-order valence-corrected chi connectivity index (χ3v) is 7.66. The van der Waals surface area contributed by atoms with Crippen LogP contribution in [-0.2, 0) is 13.0 Å². The fourth-order valence-corrected chi connectivity index (χ4v) is 5.50. The number of halogens is 2. The summed E-state index contributed by atoms with van der Waals surface area (Å²) in [6.07, 6.45) is 7.47. The molecule has 0 aliphatic heterocycles. The third kappa shape index (κ3) is 5.55. The van der Waals surface area contributed by atoms with Crippen molar-refractivity contribution in [2.45, 2.75) is 32.4 Å². The van der Waals surface area contributed by atoms with Crippen LogP contribution in [0, 0.1) is 24.6 Å². The first-order valence-corrected chi connectivity index (χ1v) is 13.4. The van der Waals surface area contributed by atoms with E-state index in [1.807, 2.05) is 24.3 Å². The molecule has 10 nitrogen and oxygen atoms in total. The highest BCUT2D eigenvalue weighted by atomic mass is 19.1. The van der Waals surface area contributed by atoms with Crippen molar-refractivity contribution >= 4 is 11.8 Å².